The summed E-state index contributed by atoms with van der Waals surface area (Å²) in [5, 5.41) is 5.71. The van der Waals surface area contributed by atoms with Gasteiger partial charge < -0.3 is 24.8 Å². The van der Waals surface area contributed by atoms with Crippen molar-refractivity contribution in [3.63, 3.8) is 0 Å². The number of ether oxygens (including phenoxy) is 3. The number of hydrogen-bond acceptors (Lipinski definition) is 7. The maximum Gasteiger partial charge on any atom is 0.408 e. The summed E-state index contributed by atoms with van der Waals surface area (Å²) in [5.74, 6) is -0.868. The lowest BCUT2D eigenvalue weighted by Gasteiger charge is -2.25. The molecule has 1 fully saturated rings. The average molecular weight is 372 g/mol. The Bertz CT molecular complexity index is 521. The van der Waals surface area contributed by atoms with Gasteiger partial charge in [0, 0.05) is 6.04 Å². The molecule has 0 aromatic heterocycles. The third-order valence-electron chi connectivity index (χ3n) is 3.63. The predicted octanol–water partition coefficient (Wildman–Crippen LogP) is 1.91. The number of amides is 1. The van der Waals surface area contributed by atoms with Crippen molar-refractivity contribution in [1.29, 1.82) is 0 Å². The molecule has 0 saturated carbocycles. The molecule has 1 aliphatic heterocycles. The summed E-state index contributed by atoms with van der Waals surface area (Å²) in [6, 6.07) is -1.39. The minimum atomic E-state index is -0.857. The highest BCUT2D eigenvalue weighted by atomic mass is 16.6. The van der Waals surface area contributed by atoms with Crippen LogP contribution < -0.4 is 10.6 Å². The molecule has 2 N–H and O–H groups in total. The van der Waals surface area contributed by atoms with Crippen molar-refractivity contribution in [2.24, 2.45) is 0 Å². The molecule has 3 atom stereocenters. The number of esters is 2. The minimum Gasteiger partial charge on any atom is -0.467 e. The van der Waals surface area contributed by atoms with Crippen LogP contribution in [0.25, 0.3) is 0 Å². The van der Waals surface area contributed by atoms with Crippen LogP contribution in [0.4, 0.5) is 4.79 Å². The first-order chi connectivity index (χ1) is 11.8. The van der Waals surface area contributed by atoms with Crippen molar-refractivity contribution in [2.75, 3.05) is 7.11 Å². The Labute approximate surface area is 155 Å². The van der Waals surface area contributed by atoms with Gasteiger partial charge in [0.25, 0.3) is 0 Å². The van der Waals surface area contributed by atoms with Gasteiger partial charge in [-0.2, -0.15) is 0 Å². The zero-order valence-electron chi connectivity index (χ0n) is 16.8. The molecule has 0 radical (unpaired) electrons. The number of alkyl carbamates (subject to hydrolysis) is 1. The Morgan fingerprint density at radius 2 is 1.62 bits per heavy atom. The largest absolute Gasteiger partial charge is 0.467 e. The van der Waals surface area contributed by atoms with Gasteiger partial charge in [-0.3, -0.25) is 4.79 Å². The maximum atomic E-state index is 12.2. The highest BCUT2D eigenvalue weighted by molar-refractivity contribution is 5.81. The van der Waals surface area contributed by atoms with E-state index in [0.717, 1.165) is 0 Å². The van der Waals surface area contributed by atoms with Crippen LogP contribution in [-0.2, 0) is 23.8 Å². The van der Waals surface area contributed by atoms with Crippen molar-refractivity contribution >= 4 is 18.0 Å². The fraction of sp³-hybridized carbons (Fsp3) is 0.833. The van der Waals surface area contributed by atoms with Gasteiger partial charge in [-0.15, -0.1) is 0 Å². The summed E-state index contributed by atoms with van der Waals surface area (Å²) in [5.41, 5.74) is -1.22. The van der Waals surface area contributed by atoms with Crippen LogP contribution in [0.3, 0.4) is 0 Å². The zero-order chi connectivity index (χ0) is 20.1. The number of methoxy groups -OCH3 is 1. The Balaban J connectivity index is 2.63. The van der Waals surface area contributed by atoms with E-state index in [4.69, 9.17) is 14.2 Å². The van der Waals surface area contributed by atoms with E-state index in [2.05, 4.69) is 10.6 Å². The van der Waals surface area contributed by atoms with Crippen LogP contribution in [-0.4, -0.2) is 54.5 Å². The van der Waals surface area contributed by atoms with E-state index in [-0.39, 0.29) is 12.0 Å². The SMILES string of the molecule is COC(=O)C(C[C@H]1CC[C@@H](C(=O)OC(C)(C)C)N1)NC(=O)OC(C)(C)C. The highest BCUT2D eigenvalue weighted by Gasteiger charge is 2.35. The second-order valence-corrected chi connectivity index (χ2v) is 8.48. The van der Waals surface area contributed by atoms with E-state index in [1.165, 1.54) is 7.11 Å². The van der Waals surface area contributed by atoms with Gasteiger partial charge in [-0.1, -0.05) is 0 Å². The molecule has 1 rings (SSSR count). The Hall–Kier alpha value is -1.83. The third kappa shape index (κ3) is 8.03. The van der Waals surface area contributed by atoms with Crippen molar-refractivity contribution in [2.45, 2.75) is 90.1 Å². The predicted molar refractivity (Wildman–Crippen MR) is 95.6 cm³/mol. The number of carbonyl (C=O) groups excluding carboxylic acids is 3. The van der Waals surface area contributed by atoms with E-state index in [9.17, 15) is 14.4 Å². The monoisotopic (exact) mass is 372 g/mol. The number of nitrogens with one attached hydrogen (secondary N) is 2. The van der Waals surface area contributed by atoms with Gasteiger partial charge in [-0.05, 0) is 60.8 Å². The normalized spacial score (nSPS) is 21.7. The molecular weight excluding hydrogens is 340 g/mol. The van der Waals surface area contributed by atoms with Gasteiger partial charge in [0.15, 0.2) is 0 Å². The van der Waals surface area contributed by atoms with E-state index in [0.29, 0.717) is 19.3 Å². The van der Waals surface area contributed by atoms with Gasteiger partial charge in [-0.25, -0.2) is 9.59 Å². The smallest absolute Gasteiger partial charge is 0.408 e. The molecule has 26 heavy (non-hydrogen) atoms. The lowest BCUT2D eigenvalue weighted by atomic mass is 10.1. The summed E-state index contributed by atoms with van der Waals surface area (Å²) >= 11 is 0. The Kier molecular flexibility index (Phi) is 7.44. The fourth-order valence-electron chi connectivity index (χ4n) is 2.65. The average Bonchev–Trinajstić information content (AvgIpc) is 2.90. The molecule has 0 aliphatic carbocycles. The molecule has 0 aromatic carbocycles. The summed E-state index contributed by atoms with van der Waals surface area (Å²) in [4.78, 5) is 36.1. The van der Waals surface area contributed by atoms with Crippen LogP contribution in [0.5, 0.6) is 0 Å². The van der Waals surface area contributed by atoms with E-state index >= 15 is 0 Å². The van der Waals surface area contributed by atoms with E-state index in [1.54, 1.807) is 20.8 Å². The Morgan fingerprint density at radius 1 is 1.04 bits per heavy atom. The molecule has 8 heteroatoms. The third-order valence-corrected chi connectivity index (χ3v) is 3.63. The van der Waals surface area contributed by atoms with Crippen LogP contribution in [0.15, 0.2) is 0 Å². The van der Waals surface area contributed by atoms with Crippen molar-refractivity contribution in [3.05, 3.63) is 0 Å². The van der Waals surface area contributed by atoms with Crippen LogP contribution in [0.1, 0.15) is 60.8 Å². The zero-order valence-corrected chi connectivity index (χ0v) is 16.8. The molecule has 1 heterocycles. The van der Waals surface area contributed by atoms with Crippen LogP contribution in [0, 0.1) is 0 Å². The van der Waals surface area contributed by atoms with Gasteiger partial charge in [0.1, 0.15) is 23.3 Å². The molecule has 150 valence electrons. The molecular formula is C18H32N2O6. The first-order valence-corrected chi connectivity index (χ1v) is 8.87. The van der Waals surface area contributed by atoms with Gasteiger partial charge >= 0.3 is 18.0 Å². The first kappa shape index (κ1) is 22.2. The molecule has 0 spiro atoms. The molecule has 0 aromatic rings. The summed E-state index contributed by atoms with van der Waals surface area (Å²) < 4.78 is 15.3. The molecule has 0 bridgehead atoms. The maximum absolute atomic E-state index is 12.2. The lowest BCUT2D eigenvalue weighted by molar-refractivity contribution is -0.157. The molecule has 1 aliphatic rings. The van der Waals surface area contributed by atoms with E-state index < -0.39 is 35.3 Å². The summed E-state index contributed by atoms with van der Waals surface area (Å²) in [6.07, 6.45) is 0.910. The van der Waals surface area contributed by atoms with Crippen molar-refractivity contribution in [1.82, 2.24) is 10.6 Å². The van der Waals surface area contributed by atoms with E-state index in [1.807, 2.05) is 20.8 Å². The second kappa shape index (κ2) is 8.70. The summed E-state index contributed by atoms with van der Waals surface area (Å²) in [7, 11) is 1.26. The molecule has 1 unspecified atom stereocenters. The topological polar surface area (TPSA) is 103 Å². The number of rotatable bonds is 5. The summed E-state index contributed by atoms with van der Waals surface area (Å²) in [6.45, 7) is 10.7. The highest BCUT2D eigenvalue weighted by Crippen LogP contribution is 2.20. The fourth-order valence-corrected chi connectivity index (χ4v) is 2.65. The molecule has 1 amide bonds. The number of carbonyl (C=O) groups is 3. The van der Waals surface area contributed by atoms with Crippen LogP contribution in [0.2, 0.25) is 0 Å². The second-order valence-electron chi connectivity index (χ2n) is 8.48. The first-order valence-electron chi connectivity index (χ1n) is 8.87. The van der Waals surface area contributed by atoms with Gasteiger partial charge in [0.2, 0.25) is 0 Å². The minimum absolute atomic E-state index is 0.119. The lowest BCUT2D eigenvalue weighted by Crippen LogP contribution is -2.48. The standard InChI is InChI=1S/C18H32N2O6/c1-17(2,3)25-15(22)12-9-8-11(19-12)10-13(14(21)24-7)20-16(23)26-18(4,5)6/h11-13,19H,8-10H2,1-7H3,(H,20,23)/t11-,12+,13?/m1/s1. The molecule has 8 nitrogen and oxygen atoms in total. The van der Waals surface area contributed by atoms with Crippen molar-refractivity contribution < 1.29 is 28.6 Å². The number of hydrogen-bond donors (Lipinski definition) is 2. The van der Waals surface area contributed by atoms with Crippen molar-refractivity contribution in [3.8, 4) is 0 Å². The van der Waals surface area contributed by atoms with Gasteiger partial charge in [0.05, 0.1) is 7.11 Å². The molecule has 1 saturated heterocycles. The Morgan fingerprint density at radius 3 is 2.12 bits per heavy atom. The quantitative estimate of drug-likeness (QED) is 0.561. The van der Waals surface area contributed by atoms with Crippen LogP contribution >= 0.6 is 0 Å².